The monoisotopic (exact) mass is 495 g/mol. The van der Waals surface area contributed by atoms with Gasteiger partial charge < -0.3 is 15.5 Å². The first-order chi connectivity index (χ1) is 16.5. The number of urea groups is 1. The van der Waals surface area contributed by atoms with E-state index in [-0.39, 0.29) is 29.9 Å². The first-order valence-electron chi connectivity index (χ1n) is 11.8. The third-order valence-electron chi connectivity index (χ3n) is 5.61. The van der Waals surface area contributed by atoms with E-state index in [2.05, 4.69) is 38.3 Å². The molecule has 186 valence electrons. The van der Waals surface area contributed by atoms with Gasteiger partial charge in [-0.15, -0.1) is 0 Å². The van der Waals surface area contributed by atoms with E-state index in [9.17, 15) is 9.59 Å². The number of carbonyl (C=O) groups is 2. The normalized spacial score (nSPS) is 11.4. The van der Waals surface area contributed by atoms with E-state index in [1.54, 1.807) is 10.7 Å². The van der Waals surface area contributed by atoms with Gasteiger partial charge in [0, 0.05) is 23.2 Å². The molecule has 3 amide bonds. The number of anilines is 2. The van der Waals surface area contributed by atoms with Crippen LogP contribution in [0.4, 0.5) is 16.3 Å². The fourth-order valence-electron chi connectivity index (χ4n) is 3.53. The zero-order chi connectivity index (χ0) is 25.8. The Hall–Kier alpha value is -3.32. The number of hydrogen-bond acceptors (Lipinski definition) is 3. The van der Waals surface area contributed by atoms with Crippen LogP contribution in [0.15, 0.2) is 54.6 Å². The fraction of sp³-hybridized carbons (Fsp3) is 0.370. The number of amides is 3. The SMILES string of the molecule is CCc1cccc(NC(=O)N(CC(=O)Nc2cc(C(C)(C)C)nn2-c2ccccc2Cl)C(C)C)c1. The smallest absolute Gasteiger partial charge is 0.313 e. The molecule has 0 saturated carbocycles. The standard InChI is InChI=1S/C27H34ClN5O2/c1-7-19-11-10-12-20(15-19)29-26(35)32(18(2)3)17-25(34)30-24-16-23(27(4,5)6)31-33(24)22-14-9-8-13-21(22)28/h8-16,18H,7,17H2,1-6H3,(H,29,35)(H,30,34). The number of halogens is 1. The molecular formula is C27H34ClN5O2. The van der Waals surface area contributed by atoms with Crippen LogP contribution in [0, 0.1) is 0 Å². The van der Waals surface area contributed by atoms with Crippen molar-refractivity contribution in [2.45, 2.75) is 59.4 Å². The molecule has 0 aliphatic rings. The summed E-state index contributed by atoms with van der Waals surface area (Å²) in [6.07, 6.45) is 0.871. The van der Waals surface area contributed by atoms with E-state index in [0.717, 1.165) is 17.7 Å². The van der Waals surface area contributed by atoms with Crippen LogP contribution < -0.4 is 10.6 Å². The summed E-state index contributed by atoms with van der Waals surface area (Å²) in [7, 11) is 0. The first kappa shape index (κ1) is 26.3. The van der Waals surface area contributed by atoms with Gasteiger partial charge in [0.1, 0.15) is 12.4 Å². The quantitative estimate of drug-likeness (QED) is 0.405. The second kappa shape index (κ2) is 11.0. The minimum absolute atomic E-state index is 0.116. The predicted octanol–water partition coefficient (Wildman–Crippen LogP) is 6.27. The fourth-order valence-corrected chi connectivity index (χ4v) is 3.75. The van der Waals surface area contributed by atoms with Gasteiger partial charge in [-0.2, -0.15) is 5.10 Å². The van der Waals surface area contributed by atoms with Crippen LogP contribution in [0.3, 0.4) is 0 Å². The van der Waals surface area contributed by atoms with Crippen LogP contribution in [-0.4, -0.2) is 39.2 Å². The Bertz CT molecular complexity index is 1200. The molecule has 0 spiro atoms. The van der Waals surface area contributed by atoms with Crippen molar-refractivity contribution in [2.75, 3.05) is 17.2 Å². The molecule has 1 heterocycles. The Labute approximate surface area is 212 Å². The van der Waals surface area contributed by atoms with Gasteiger partial charge in [-0.1, -0.05) is 63.6 Å². The van der Waals surface area contributed by atoms with Crippen molar-refractivity contribution < 1.29 is 9.59 Å². The lowest BCUT2D eigenvalue weighted by molar-refractivity contribution is -0.117. The largest absolute Gasteiger partial charge is 0.322 e. The Balaban J connectivity index is 1.82. The minimum atomic E-state index is -0.335. The third kappa shape index (κ3) is 6.63. The maximum Gasteiger partial charge on any atom is 0.322 e. The second-order valence-electron chi connectivity index (χ2n) is 9.78. The number of rotatable bonds is 7. The lowest BCUT2D eigenvalue weighted by Crippen LogP contribution is -2.44. The summed E-state index contributed by atoms with van der Waals surface area (Å²) in [6, 6.07) is 16.3. The van der Waals surface area contributed by atoms with E-state index in [1.807, 2.05) is 62.4 Å². The summed E-state index contributed by atoms with van der Waals surface area (Å²) >= 11 is 6.42. The minimum Gasteiger partial charge on any atom is -0.313 e. The molecule has 0 unspecified atom stereocenters. The van der Waals surface area contributed by atoms with Crippen LogP contribution in [0.5, 0.6) is 0 Å². The number of hydrogen-bond donors (Lipinski definition) is 2. The zero-order valence-corrected chi connectivity index (χ0v) is 22.0. The number of para-hydroxylation sites is 1. The molecule has 0 bridgehead atoms. The van der Waals surface area contributed by atoms with Crippen LogP contribution in [0.1, 0.15) is 52.8 Å². The van der Waals surface area contributed by atoms with Crippen molar-refractivity contribution in [1.82, 2.24) is 14.7 Å². The molecule has 1 aromatic heterocycles. The second-order valence-corrected chi connectivity index (χ2v) is 10.2. The van der Waals surface area contributed by atoms with Gasteiger partial charge in [-0.3, -0.25) is 4.79 Å². The van der Waals surface area contributed by atoms with Gasteiger partial charge in [0.05, 0.1) is 16.4 Å². The Kier molecular flexibility index (Phi) is 8.22. The number of aromatic nitrogens is 2. The van der Waals surface area contributed by atoms with Crippen molar-refractivity contribution >= 4 is 35.0 Å². The molecule has 8 heteroatoms. The van der Waals surface area contributed by atoms with E-state index in [1.165, 1.54) is 4.90 Å². The third-order valence-corrected chi connectivity index (χ3v) is 5.93. The van der Waals surface area contributed by atoms with Gasteiger partial charge in [-0.05, 0) is 50.1 Å². The lowest BCUT2D eigenvalue weighted by atomic mass is 9.92. The highest BCUT2D eigenvalue weighted by Gasteiger charge is 2.24. The van der Waals surface area contributed by atoms with Gasteiger partial charge in [-0.25, -0.2) is 9.48 Å². The molecule has 0 fully saturated rings. The number of benzene rings is 2. The molecule has 7 nitrogen and oxygen atoms in total. The highest BCUT2D eigenvalue weighted by molar-refractivity contribution is 6.32. The lowest BCUT2D eigenvalue weighted by Gasteiger charge is -2.26. The maximum absolute atomic E-state index is 13.1. The van der Waals surface area contributed by atoms with Crippen molar-refractivity contribution in [2.24, 2.45) is 0 Å². The average molecular weight is 496 g/mol. The van der Waals surface area contributed by atoms with Crippen molar-refractivity contribution in [3.05, 3.63) is 70.9 Å². The topological polar surface area (TPSA) is 79.3 Å². The highest BCUT2D eigenvalue weighted by atomic mass is 35.5. The highest BCUT2D eigenvalue weighted by Crippen LogP contribution is 2.29. The number of carbonyl (C=O) groups excluding carboxylic acids is 2. The number of aryl methyl sites for hydroxylation is 1. The first-order valence-corrected chi connectivity index (χ1v) is 12.2. The Morgan fingerprint density at radius 1 is 1.06 bits per heavy atom. The van der Waals surface area contributed by atoms with Crippen molar-refractivity contribution in [3.63, 3.8) is 0 Å². The zero-order valence-electron chi connectivity index (χ0n) is 21.2. The van der Waals surface area contributed by atoms with Crippen LogP contribution >= 0.6 is 11.6 Å². The molecule has 0 saturated heterocycles. The summed E-state index contributed by atoms with van der Waals surface area (Å²) < 4.78 is 1.64. The molecular weight excluding hydrogens is 462 g/mol. The van der Waals surface area contributed by atoms with E-state index < -0.39 is 0 Å². The van der Waals surface area contributed by atoms with E-state index in [0.29, 0.717) is 22.2 Å². The summed E-state index contributed by atoms with van der Waals surface area (Å²) in [4.78, 5) is 27.6. The van der Waals surface area contributed by atoms with Crippen LogP contribution in [0.2, 0.25) is 5.02 Å². The van der Waals surface area contributed by atoms with Gasteiger partial charge in [0.2, 0.25) is 5.91 Å². The molecule has 2 aromatic carbocycles. The average Bonchev–Trinajstić information content (AvgIpc) is 3.21. The van der Waals surface area contributed by atoms with E-state index >= 15 is 0 Å². The summed E-state index contributed by atoms with van der Waals surface area (Å²) in [5, 5.41) is 11.1. The molecule has 0 aliphatic heterocycles. The van der Waals surface area contributed by atoms with Gasteiger partial charge in [0.15, 0.2) is 0 Å². The van der Waals surface area contributed by atoms with Crippen molar-refractivity contribution in [3.8, 4) is 5.69 Å². The molecule has 0 atom stereocenters. The van der Waals surface area contributed by atoms with Crippen molar-refractivity contribution in [1.29, 1.82) is 0 Å². The maximum atomic E-state index is 13.1. The summed E-state index contributed by atoms with van der Waals surface area (Å²) in [5.74, 6) is 0.164. The van der Waals surface area contributed by atoms with Gasteiger partial charge >= 0.3 is 6.03 Å². The summed E-state index contributed by atoms with van der Waals surface area (Å²) in [6.45, 7) is 11.9. The van der Waals surface area contributed by atoms with Gasteiger partial charge in [0.25, 0.3) is 0 Å². The van der Waals surface area contributed by atoms with Crippen LogP contribution in [-0.2, 0) is 16.6 Å². The van der Waals surface area contributed by atoms with E-state index in [4.69, 9.17) is 16.7 Å². The number of nitrogens with zero attached hydrogens (tertiary/aromatic N) is 3. The molecule has 2 N–H and O–H groups in total. The summed E-state index contributed by atoms with van der Waals surface area (Å²) in [5.41, 5.74) is 3.06. The predicted molar refractivity (Wildman–Crippen MR) is 143 cm³/mol. The Morgan fingerprint density at radius 2 is 1.77 bits per heavy atom. The molecule has 0 radical (unpaired) electrons. The molecule has 0 aliphatic carbocycles. The van der Waals surface area contributed by atoms with Crippen LogP contribution in [0.25, 0.3) is 5.69 Å². The molecule has 3 rings (SSSR count). The number of nitrogens with one attached hydrogen (secondary N) is 2. The molecule has 3 aromatic rings. The Morgan fingerprint density at radius 3 is 2.40 bits per heavy atom. The molecule has 35 heavy (non-hydrogen) atoms.